The van der Waals surface area contributed by atoms with Gasteiger partial charge >= 0.3 is 0 Å². The van der Waals surface area contributed by atoms with Gasteiger partial charge in [-0.3, -0.25) is 4.79 Å². The number of thioether (sulfide) groups is 1. The molecule has 3 aromatic rings. The van der Waals surface area contributed by atoms with E-state index in [1.54, 1.807) is 18.0 Å². The summed E-state index contributed by atoms with van der Waals surface area (Å²) in [5, 5.41) is 2.66. The summed E-state index contributed by atoms with van der Waals surface area (Å²) in [6.07, 6.45) is 4.21. The summed E-state index contributed by atoms with van der Waals surface area (Å²) in [4.78, 5) is 21.0. The lowest BCUT2D eigenvalue weighted by atomic mass is 10.2. The summed E-state index contributed by atoms with van der Waals surface area (Å²) in [5.41, 5.74) is 0.701. The maximum absolute atomic E-state index is 12.6. The molecule has 7 heteroatoms. The summed E-state index contributed by atoms with van der Waals surface area (Å²) >= 11 is 3.25. The number of nitrogens with one attached hydrogen (secondary N) is 1. The fraction of sp³-hybridized carbons (Fsp3) is 0.412. The van der Waals surface area contributed by atoms with Crippen LogP contribution in [0.5, 0.6) is 0 Å². The number of aromatic amines is 1. The lowest BCUT2D eigenvalue weighted by Gasteiger charge is -2.13. The van der Waals surface area contributed by atoms with Crippen molar-refractivity contribution in [3.63, 3.8) is 0 Å². The Labute approximate surface area is 147 Å². The number of hydrogen-bond acceptors (Lipinski definition) is 6. The van der Waals surface area contributed by atoms with Crippen molar-refractivity contribution in [1.29, 1.82) is 0 Å². The second kappa shape index (κ2) is 6.74. The van der Waals surface area contributed by atoms with Gasteiger partial charge in [-0.2, -0.15) is 0 Å². The Bertz CT molecular complexity index is 879. The summed E-state index contributed by atoms with van der Waals surface area (Å²) in [6.45, 7) is 2.94. The maximum Gasteiger partial charge on any atom is 0.260 e. The molecule has 5 nitrogen and oxygen atoms in total. The van der Waals surface area contributed by atoms with E-state index in [1.807, 2.05) is 17.5 Å². The van der Waals surface area contributed by atoms with Crippen LogP contribution in [0.2, 0.25) is 0 Å². The summed E-state index contributed by atoms with van der Waals surface area (Å²) in [7, 11) is 0. The molecule has 2 atom stereocenters. The smallest absolute Gasteiger partial charge is 0.260 e. The quantitative estimate of drug-likeness (QED) is 0.736. The van der Waals surface area contributed by atoms with Crippen LogP contribution in [-0.2, 0) is 4.74 Å². The van der Waals surface area contributed by atoms with Gasteiger partial charge in [-0.25, -0.2) is 4.98 Å². The number of fused-ring (bicyclic) bond motifs is 1. The third-order valence-corrected chi connectivity index (χ3v) is 6.35. The largest absolute Gasteiger partial charge is 0.464 e. The average Bonchev–Trinajstić information content (AvgIpc) is 3.31. The molecule has 0 aliphatic carbocycles. The van der Waals surface area contributed by atoms with Crippen LogP contribution in [0.1, 0.15) is 30.8 Å². The molecule has 126 valence electrons. The van der Waals surface area contributed by atoms with Crippen molar-refractivity contribution < 1.29 is 9.15 Å². The Morgan fingerprint density at radius 2 is 2.46 bits per heavy atom. The molecule has 0 bridgehead atoms. The van der Waals surface area contributed by atoms with E-state index >= 15 is 0 Å². The number of nitrogens with zero attached hydrogens (tertiary/aromatic N) is 1. The van der Waals surface area contributed by atoms with Gasteiger partial charge in [-0.05, 0) is 31.9 Å². The van der Waals surface area contributed by atoms with Gasteiger partial charge in [-0.15, -0.1) is 23.1 Å². The first-order chi connectivity index (χ1) is 11.7. The molecule has 0 spiro atoms. The van der Waals surface area contributed by atoms with Crippen LogP contribution in [0.25, 0.3) is 21.5 Å². The number of ether oxygens (including phenoxy) is 1. The van der Waals surface area contributed by atoms with Crippen molar-refractivity contribution in [2.24, 2.45) is 0 Å². The highest BCUT2D eigenvalue weighted by molar-refractivity contribution is 7.99. The van der Waals surface area contributed by atoms with E-state index in [0.29, 0.717) is 17.3 Å². The minimum Gasteiger partial charge on any atom is -0.464 e. The van der Waals surface area contributed by atoms with Gasteiger partial charge in [0.1, 0.15) is 16.4 Å². The molecule has 1 aliphatic heterocycles. The highest BCUT2D eigenvalue weighted by Gasteiger charge is 2.20. The van der Waals surface area contributed by atoms with Crippen molar-refractivity contribution in [3.05, 3.63) is 40.0 Å². The highest BCUT2D eigenvalue weighted by atomic mass is 32.2. The van der Waals surface area contributed by atoms with Crippen molar-refractivity contribution >= 4 is 33.3 Å². The zero-order valence-electron chi connectivity index (χ0n) is 13.3. The fourth-order valence-electron chi connectivity index (χ4n) is 2.88. The number of aromatic nitrogens is 2. The number of thiophene rings is 1. The molecule has 0 amide bonds. The Hall–Kier alpha value is -1.57. The molecule has 3 aromatic heterocycles. The lowest BCUT2D eigenvalue weighted by Crippen LogP contribution is -2.14. The molecular weight excluding hydrogens is 344 g/mol. The van der Waals surface area contributed by atoms with Crippen LogP contribution in [0, 0.1) is 0 Å². The van der Waals surface area contributed by atoms with Crippen molar-refractivity contribution in [1.82, 2.24) is 9.97 Å². The van der Waals surface area contributed by atoms with Crippen LogP contribution >= 0.6 is 23.1 Å². The van der Waals surface area contributed by atoms with Gasteiger partial charge in [0.15, 0.2) is 0 Å². The van der Waals surface area contributed by atoms with E-state index in [0.717, 1.165) is 41.4 Å². The molecule has 1 aliphatic rings. The minimum absolute atomic E-state index is 0.104. The molecule has 0 saturated carbocycles. The predicted octanol–water partition coefficient (Wildman–Crippen LogP) is 4.22. The maximum atomic E-state index is 12.6. The molecular formula is C17H18N2O3S2. The topological polar surface area (TPSA) is 68.1 Å². The van der Waals surface area contributed by atoms with E-state index < -0.39 is 0 Å². The SMILES string of the molecule is C[C@@H](SC[C@@H]1CCCO1)c1nc2scc(-c3ccco3)c2c(=O)[nH]1. The first-order valence-electron chi connectivity index (χ1n) is 8.01. The van der Waals surface area contributed by atoms with Crippen LogP contribution in [0.4, 0.5) is 0 Å². The average molecular weight is 362 g/mol. The van der Waals surface area contributed by atoms with Gasteiger partial charge in [0, 0.05) is 23.3 Å². The predicted molar refractivity (Wildman–Crippen MR) is 97.8 cm³/mol. The van der Waals surface area contributed by atoms with Gasteiger partial charge in [0.05, 0.1) is 23.0 Å². The van der Waals surface area contributed by atoms with Crippen molar-refractivity contribution in [2.45, 2.75) is 31.1 Å². The Morgan fingerprint density at radius 1 is 1.54 bits per heavy atom. The summed E-state index contributed by atoms with van der Waals surface area (Å²) in [6, 6.07) is 3.67. The van der Waals surface area contributed by atoms with Gasteiger partial charge in [0.2, 0.25) is 0 Å². The van der Waals surface area contributed by atoms with E-state index in [2.05, 4.69) is 16.9 Å². The third kappa shape index (κ3) is 3.03. The second-order valence-electron chi connectivity index (χ2n) is 5.87. The van der Waals surface area contributed by atoms with E-state index in [9.17, 15) is 4.79 Å². The molecule has 1 saturated heterocycles. The summed E-state index contributed by atoms with van der Waals surface area (Å²) < 4.78 is 11.1. The molecule has 1 fully saturated rings. The molecule has 24 heavy (non-hydrogen) atoms. The molecule has 0 radical (unpaired) electrons. The van der Waals surface area contributed by atoms with E-state index in [1.165, 1.54) is 11.3 Å². The number of H-pyrrole nitrogens is 1. The standard InChI is InChI=1S/C17H18N2O3S2/c1-10(23-8-11-4-2-6-21-11)15-18-16(20)14-12(9-24-17(14)19-15)13-5-3-7-22-13/h3,5,7,9-11H,2,4,6,8H2,1H3,(H,18,19,20)/t10-,11+/m1/s1. The molecule has 1 N–H and O–H groups in total. The first kappa shape index (κ1) is 15.9. The Kier molecular flexibility index (Phi) is 4.47. The molecule has 0 aromatic carbocycles. The van der Waals surface area contributed by atoms with Crippen molar-refractivity contribution in [3.8, 4) is 11.3 Å². The van der Waals surface area contributed by atoms with Crippen LogP contribution in [-0.4, -0.2) is 28.4 Å². The number of furan rings is 1. The lowest BCUT2D eigenvalue weighted by molar-refractivity contribution is 0.129. The third-order valence-electron chi connectivity index (χ3n) is 4.19. The van der Waals surface area contributed by atoms with Gasteiger partial charge in [0.25, 0.3) is 5.56 Å². The van der Waals surface area contributed by atoms with Crippen LogP contribution < -0.4 is 5.56 Å². The highest BCUT2D eigenvalue weighted by Crippen LogP contribution is 2.33. The van der Waals surface area contributed by atoms with Crippen LogP contribution in [0.15, 0.2) is 33.0 Å². The minimum atomic E-state index is -0.104. The molecule has 4 heterocycles. The number of rotatable bonds is 5. The normalized spacial score (nSPS) is 19.1. The Balaban J connectivity index is 1.60. The first-order valence-corrected chi connectivity index (χ1v) is 9.93. The molecule has 4 rings (SSSR count). The van der Waals surface area contributed by atoms with Gasteiger partial charge < -0.3 is 14.1 Å². The van der Waals surface area contributed by atoms with Gasteiger partial charge in [-0.1, -0.05) is 0 Å². The molecule has 0 unspecified atom stereocenters. The fourth-order valence-corrected chi connectivity index (χ4v) is 4.85. The monoisotopic (exact) mass is 362 g/mol. The van der Waals surface area contributed by atoms with Crippen LogP contribution in [0.3, 0.4) is 0 Å². The van der Waals surface area contributed by atoms with E-state index in [-0.39, 0.29) is 10.8 Å². The number of hydrogen-bond donors (Lipinski definition) is 1. The zero-order chi connectivity index (χ0) is 16.5. The summed E-state index contributed by atoms with van der Waals surface area (Å²) in [5.74, 6) is 2.36. The van der Waals surface area contributed by atoms with Crippen molar-refractivity contribution in [2.75, 3.05) is 12.4 Å². The zero-order valence-corrected chi connectivity index (χ0v) is 14.9. The Morgan fingerprint density at radius 3 is 3.21 bits per heavy atom. The van der Waals surface area contributed by atoms with E-state index in [4.69, 9.17) is 9.15 Å². The second-order valence-corrected chi connectivity index (χ2v) is 8.10.